The van der Waals surface area contributed by atoms with Crippen LogP contribution in [-0.4, -0.2) is 32.4 Å². The number of aromatic nitrogens is 4. The van der Waals surface area contributed by atoms with E-state index in [2.05, 4.69) is 40.3 Å². The van der Waals surface area contributed by atoms with Crippen molar-refractivity contribution in [2.24, 2.45) is 0 Å². The van der Waals surface area contributed by atoms with Crippen LogP contribution in [0.25, 0.3) is 0 Å². The van der Waals surface area contributed by atoms with Crippen LogP contribution < -0.4 is 5.32 Å². The average Bonchev–Trinajstić information content (AvgIpc) is 3.14. The number of hydrogen-bond acceptors (Lipinski definition) is 6. The van der Waals surface area contributed by atoms with Gasteiger partial charge < -0.3 is 10.1 Å². The van der Waals surface area contributed by atoms with Crippen LogP contribution in [0.1, 0.15) is 49.5 Å². The van der Waals surface area contributed by atoms with E-state index < -0.39 is 0 Å². The Morgan fingerprint density at radius 1 is 1.43 bits per heavy atom. The summed E-state index contributed by atoms with van der Waals surface area (Å²) < 4.78 is 7.89. The third-order valence-electron chi connectivity index (χ3n) is 3.86. The van der Waals surface area contributed by atoms with Gasteiger partial charge in [-0.1, -0.05) is 0 Å². The fourth-order valence-electron chi connectivity index (χ4n) is 2.87. The van der Waals surface area contributed by atoms with Gasteiger partial charge in [-0.15, -0.1) is 0 Å². The van der Waals surface area contributed by atoms with E-state index in [4.69, 9.17) is 10.00 Å². The van der Waals surface area contributed by atoms with Crippen molar-refractivity contribution >= 4 is 5.95 Å². The van der Waals surface area contributed by atoms with Gasteiger partial charge >= 0.3 is 0 Å². The fourth-order valence-corrected chi connectivity index (χ4v) is 2.87. The number of ether oxygens (including phenoxy) is 1. The first kappa shape index (κ1) is 15.4. The summed E-state index contributed by atoms with van der Waals surface area (Å²) in [6, 6.07) is 6.04. The Kier molecular flexibility index (Phi) is 4.26. The Balaban J connectivity index is 1.84. The van der Waals surface area contributed by atoms with Crippen molar-refractivity contribution in [3.05, 3.63) is 35.4 Å². The molecule has 0 saturated carbocycles. The Labute approximate surface area is 135 Å². The van der Waals surface area contributed by atoms with E-state index in [0.29, 0.717) is 18.2 Å². The van der Waals surface area contributed by atoms with E-state index in [-0.39, 0.29) is 18.2 Å². The summed E-state index contributed by atoms with van der Waals surface area (Å²) in [5.41, 5.74) is 2.17. The van der Waals surface area contributed by atoms with Crippen molar-refractivity contribution in [2.45, 2.75) is 45.4 Å². The van der Waals surface area contributed by atoms with Crippen molar-refractivity contribution in [2.75, 3.05) is 11.9 Å². The predicted octanol–water partition coefficient (Wildman–Crippen LogP) is 2.38. The van der Waals surface area contributed by atoms with Crippen LogP contribution in [0.4, 0.5) is 5.95 Å². The highest BCUT2D eigenvalue weighted by molar-refractivity contribution is 5.35. The molecule has 1 aliphatic rings. The van der Waals surface area contributed by atoms with Gasteiger partial charge in [0.2, 0.25) is 5.95 Å². The minimum absolute atomic E-state index is 0.0533. The number of nitrogens with zero attached hydrogens (tertiary/aromatic N) is 5. The third-order valence-corrected chi connectivity index (χ3v) is 3.86. The quantitative estimate of drug-likeness (QED) is 0.932. The van der Waals surface area contributed by atoms with Crippen LogP contribution in [0.5, 0.6) is 0 Å². The molecule has 120 valence electrons. The van der Waals surface area contributed by atoms with Crippen molar-refractivity contribution in [3.8, 4) is 6.07 Å². The highest BCUT2D eigenvalue weighted by Gasteiger charge is 2.33. The molecular formula is C16H20N6O. The Hall–Kier alpha value is -2.46. The van der Waals surface area contributed by atoms with Gasteiger partial charge in [0.05, 0.1) is 11.7 Å². The maximum absolute atomic E-state index is 9.04. The molecule has 2 atom stereocenters. The summed E-state index contributed by atoms with van der Waals surface area (Å²) in [5.74, 6) is 0.470. The molecule has 7 heteroatoms. The number of nitrogens with one attached hydrogen (secondary N) is 1. The van der Waals surface area contributed by atoms with E-state index in [1.807, 2.05) is 17.7 Å². The first-order valence-corrected chi connectivity index (χ1v) is 7.76. The van der Waals surface area contributed by atoms with E-state index in [9.17, 15) is 0 Å². The molecule has 0 spiro atoms. The zero-order chi connectivity index (χ0) is 16.4. The molecule has 1 saturated heterocycles. The number of rotatable bonds is 4. The monoisotopic (exact) mass is 312 g/mol. The summed E-state index contributed by atoms with van der Waals surface area (Å²) in [5, 5.41) is 16.7. The summed E-state index contributed by atoms with van der Waals surface area (Å²) >= 11 is 0. The maximum atomic E-state index is 9.04. The standard InChI is InChI=1S/C16H20N6O/c1-10(2)22-14(4-6-18-22)15-13(5-7-23-15)21-16-19-11(3)8-12(9-17)20-16/h4,6,8,10,13,15H,5,7H2,1-3H3,(H,19,20,21)/t13-,15-/m0/s1. The van der Waals surface area contributed by atoms with Gasteiger partial charge in [0.25, 0.3) is 0 Å². The van der Waals surface area contributed by atoms with Gasteiger partial charge in [-0.2, -0.15) is 10.4 Å². The molecule has 0 unspecified atom stereocenters. The van der Waals surface area contributed by atoms with Crippen LogP contribution in [0.15, 0.2) is 18.3 Å². The molecule has 7 nitrogen and oxygen atoms in total. The molecule has 0 aliphatic carbocycles. The summed E-state index contributed by atoms with van der Waals surface area (Å²) in [4.78, 5) is 8.59. The van der Waals surface area contributed by atoms with Gasteiger partial charge in [0.15, 0.2) is 0 Å². The molecule has 1 aliphatic heterocycles. The molecule has 1 N–H and O–H groups in total. The smallest absolute Gasteiger partial charge is 0.224 e. The molecular weight excluding hydrogens is 292 g/mol. The predicted molar refractivity (Wildman–Crippen MR) is 84.8 cm³/mol. The molecule has 23 heavy (non-hydrogen) atoms. The summed E-state index contributed by atoms with van der Waals surface area (Å²) in [7, 11) is 0. The van der Waals surface area contributed by atoms with Crippen LogP contribution in [0, 0.1) is 18.3 Å². The minimum Gasteiger partial charge on any atom is -0.370 e. The first-order chi connectivity index (χ1) is 11.1. The van der Waals surface area contributed by atoms with E-state index in [1.54, 1.807) is 12.3 Å². The van der Waals surface area contributed by atoms with Gasteiger partial charge in [0.1, 0.15) is 17.9 Å². The fraction of sp³-hybridized carbons (Fsp3) is 0.500. The van der Waals surface area contributed by atoms with Crippen molar-refractivity contribution < 1.29 is 4.74 Å². The molecule has 0 amide bonds. The SMILES string of the molecule is Cc1cc(C#N)nc(N[C@H]2CCO[C@@H]2c2ccnn2C(C)C)n1. The second-order valence-electron chi connectivity index (χ2n) is 5.96. The number of hydrogen-bond donors (Lipinski definition) is 1. The largest absolute Gasteiger partial charge is 0.370 e. The molecule has 3 heterocycles. The molecule has 0 bridgehead atoms. The first-order valence-electron chi connectivity index (χ1n) is 7.76. The lowest BCUT2D eigenvalue weighted by atomic mass is 10.1. The lowest BCUT2D eigenvalue weighted by Crippen LogP contribution is -2.27. The van der Waals surface area contributed by atoms with E-state index in [0.717, 1.165) is 17.8 Å². The van der Waals surface area contributed by atoms with E-state index in [1.165, 1.54) is 0 Å². The van der Waals surface area contributed by atoms with Gasteiger partial charge in [0, 0.05) is 24.5 Å². The zero-order valence-electron chi connectivity index (χ0n) is 13.5. The second-order valence-corrected chi connectivity index (χ2v) is 5.96. The third kappa shape index (κ3) is 3.17. The molecule has 0 radical (unpaired) electrons. The lowest BCUT2D eigenvalue weighted by molar-refractivity contribution is 0.0987. The van der Waals surface area contributed by atoms with Crippen LogP contribution in [0.2, 0.25) is 0 Å². The maximum Gasteiger partial charge on any atom is 0.224 e. The second kappa shape index (κ2) is 6.34. The van der Waals surface area contributed by atoms with Crippen LogP contribution >= 0.6 is 0 Å². The van der Waals surface area contributed by atoms with Crippen molar-refractivity contribution in [3.63, 3.8) is 0 Å². The molecule has 2 aromatic rings. The minimum atomic E-state index is -0.102. The highest BCUT2D eigenvalue weighted by atomic mass is 16.5. The topological polar surface area (TPSA) is 88.6 Å². The number of anilines is 1. The lowest BCUT2D eigenvalue weighted by Gasteiger charge is -2.22. The Morgan fingerprint density at radius 3 is 3.00 bits per heavy atom. The number of aryl methyl sites for hydroxylation is 1. The zero-order valence-corrected chi connectivity index (χ0v) is 13.5. The van der Waals surface area contributed by atoms with Crippen molar-refractivity contribution in [1.29, 1.82) is 5.26 Å². The van der Waals surface area contributed by atoms with E-state index >= 15 is 0 Å². The van der Waals surface area contributed by atoms with Gasteiger partial charge in [-0.05, 0) is 39.3 Å². The molecule has 1 fully saturated rings. The van der Waals surface area contributed by atoms with Crippen LogP contribution in [0.3, 0.4) is 0 Å². The normalized spacial score (nSPS) is 20.7. The summed E-state index contributed by atoms with van der Waals surface area (Å²) in [6.45, 7) is 6.71. The average molecular weight is 312 g/mol. The molecule has 0 aromatic carbocycles. The Morgan fingerprint density at radius 2 is 2.26 bits per heavy atom. The van der Waals surface area contributed by atoms with Crippen LogP contribution in [-0.2, 0) is 4.74 Å². The Bertz CT molecular complexity index is 732. The van der Waals surface area contributed by atoms with Gasteiger partial charge in [-0.25, -0.2) is 9.97 Å². The molecule has 3 rings (SSSR count). The van der Waals surface area contributed by atoms with Crippen molar-refractivity contribution in [1.82, 2.24) is 19.7 Å². The highest BCUT2D eigenvalue weighted by Crippen LogP contribution is 2.32. The van der Waals surface area contributed by atoms with Gasteiger partial charge in [-0.3, -0.25) is 4.68 Å². The summed E-state index contributed by atoms with van der Waals surface area (Å²) in [6.07, 6.45) is 2.55. The number of nitriles is 1. The molecule has 2 aromatic heterocycles.